The molecule has 0 saturated carbocycles. The Morgan fingerprint density at radius 3 is 2.47 bits per heavy atom. The Labute approximate surface area is 100 Å². The molecule has 17 heavy (non-hydrogen) atoms. The Morgan fingerprint density at radius 2 is 2.06 bits per heavy atom. The van der Waals surface area contributed by atoms with Gasteiger partial charge in [-0.25, -0.2) is 8.42 Å². The van der Waals surface area contributed by atoms with Crippen molar-refractivity contribution in [2.24, 2.45) is 11.3 Å². The second-order valence-corrected chi connectivity index (χ2v) is 7.70. The molecule has 0 aliphatic carbocycles. The summed E-state index contributed by atoms with van der Waals surface area (Å²) in [4.78, 5) is 11.6. The molecule has 0 spiro atoms. The van der Waals surface area contributed by atoms with Crippen molar-refractivity contribution in [3.63, 3.8) is 0 Å². The Morgan fingerprint density at radius 1 is 1.29 bits per heavy atom. The summed E-state index contributed by atoms with van der Waals surface area (Å²) >= 11 is 0. The smallest absolute Gasteiger partial charge is 0.312 e. The molecular formula is C11H16O5S. The summed E-state index contributed by atoms with van der Waals surface area (Å²) in [6.07, 6.45) is 2.39. The van der Waals surface area contributed by atoms with E-state index in [0.29, 0.717) is 12.8 Å². The number of sulfone groups is 1. The lowest BCUT2D eigenvalue weighted by molar-refractivity contribution is -0.156. The zero-order valence-electron chi connectivity index (χ0n) is 9.46. The molecule has 3 rings (SSSR count). The minimum Gasteiger partial charge on any atom is -0.481 e. The van der Waals surface area contributed by atoms with Crippen LogP contribution in [-0.4, -0.2) is 43.2 Å². The third-order valence-corrected chi connectivity index (χ3v) is 6.37. The van der Waals surface area contributed by atoms with Gasteiger partial charge in [0.05, 0.1) is 23.7 Å². The van der Waals surface area contributed by atoms with E-state index in [-0.39, 0.29) is 29.6 Å². The highest BCUT2D eigenvalue weighted by Gasteiger charge is 2.62. The van der Waals surface area contributed by atoms with Gasteiger partial charge in [-0.05, 0) is 31.6 Å². The van der Waals surface area contributed by atoms with Gasteiger partial charge in [-0.2, -0.15) is 0 Å². The van der Waals surface area contributed by atoms with E-state index >= 15 is 0 Å². The lowest BCUT2D eigenvalue weighted by Crippen LogP contribution is -2.47. The number of aliphatic carboxylic acids is 1. The Balaban J connectivity index is 1.94. The molecule has 6 heteroatoms. The molecule has 0 aromatic rings. The van der Waals surface area contributed by atoms with Crippen molar-refractivity contribution in [3.8, 4) is 0 Å². The SMILES string of the molecule is O=C(O)C1(C2CCS(=O)(=O)C2)CC2CCC1O2. The average Bonchev–Trinajstić information content (AvgIpc) is 2.90. The van der Waals surface area contributed by atoms with Crippen molar-refractivity contribution in [1.82, 2.24) is 0 Å². The molecule has 1 N–H and O–H groups in total. The number of ether oxygens (including phenoxy) is 1. The van der Waals surface area contributed by atoms with Crippen LogP contribution in [0.25, 0.3) is 0 Å². The Kier molecular flexibility index (Phi) is 2.32. The van der Waals surface area contributed by atoms with Crippen molar-refractivity contribution in [2.45, 2.75) is 37.9 Å². The van der Waals surface area contributed by atoms with Crippen molar-refractivity contribution < 1.29 is 23.1 Å². The number of carbonyl (C=O) groups is 1. The highest BCUT2D eigenvalue weighted by Crippen LogP contribution is 2.54. The molecule has 5 nitrogen and oxygen atoms in total. The number of carboxylic acids is 1. The van der Waals surface area contributed by atoms with Crippen LogP contribution >= 0.6 is 0 Å². The number of rotatable bonds is 2. The van der Waals surface area contributed by atoms with Crippen molar-refractivity contribution in [1.29, 1.82) is 0 Å². The number of fused-ring (bicyclic) bond motifs is 2. The second-order valence-electron chi connectivity index (χ2n) is 5.47. The van der Waals surface area contributed by atoms with E-state index in [1.807, 2.05) is 0 Å². The standard InChI is InChI=1S/C11H16O5S/c12-10(13)11(5-8-1-2-9(11)16-8)7-3-4-17(14,15)6-7/h7-9H,1-6H2,(H,12,13). The average molecular weight is 260 g/mol. The zero-order chi connectivity index (χ0) is 12.3. The van der Waals surface area contributed by atoms with Gasteiger partial charge in [0.25, 0.3) is 0 Å². The molecule has 3 aliphatic heterocycles. The van der Waals surface area contributed by atoms with Crippen LogP contribution in [0, 0.1) is 11.3 Å². The molecule has 2 bridgehead atoms. The largest absolute Gasteiger partial charge is 0.481 e. The molecule has 96 valence electrons. The van der Waals surface area contributed by atoms with E-state index in [4.69, 9.17) is 4.74 Å². The molecule has 3 aliphatic rings. The van der Waals surface area contributed by atoms with E-state index in [9.17, 15) is 18.3 Å². The van der Waals surface area contributed by atoms with Crippen LogP contribution in [0.4, 0.5) is 0 Å². The van der Waals surface area contributed by atoms with Gasteiger partial charge in [-0.15, -0.1) is 0 Å². The van der Waals surface area contributed by atoms with Crippen LogP contribution in [0.5, 0.6) is 0 Å². The van der Waals surface area contributed by atoms with Gasteiger partial charge in [0.2, 0.25) is 0 Å². The minimum absolute atomic E-state index is 0.0197. The first kappa shape index (κ1) is 11.5. The van der Waals surface area contributed by atoms with Gasteiger partial charge in [0, 0.05) is 0 Å². The quantitative estimate of drug-likeness (QED) is 0.779. The van der Waals surface area contributed by atoms with E-state index < -0.39 is 21.2 Å². The molecule has 3 fully saturated rings. The zero-order valence-corrected chi connectivity index (χ0v) is 10.3. The maximum Gasteiger partial charge on any atom is 0.312 e. The number of carboxylic acid groups (broad SMARTS) is 1. The van der Waals surface area contributed by atoms with Crippen LogP contribution in [0.3, 0.4) is 0 Å². The van der Waals surface area contributed by atoms with Gasteiger partial charge >= 0.3 is 5.97 Å². The maximum atomic E-state index is 11.6. The third-order valence-electron chi connectivity index (χ3n) is 4.61. The Hall–Kier alpha value is -0.620. The highest BCUT2D eigenvalue weighted by molar-refractivity contribution is 7.91. The van der Waals surface area contributed by atoms with Crippen molar-refractivity contribution in [3.05, 3.63) is 0 Å². The third kappa shape index (κ3) is 1.53. The summed E-state index contributed by atoms with van der Waals surface area (Å²) in [6, 6.07) is 0. The van der Waals surface area contributed by atoms with Gasteiger partial charge < -0.3 is 9.84 Å². The van der Waals surface area contributed by atoms with E-state index in [2.05, 4.69) is 0 Å². The number of hydrogen-bond donors (Lipinski definition) is 1. The fourth-order valence-corrected chi connectivity index (χ4v) is 5.66. The normalized spacial score (nSPS) is 47.4. The second kappa shape index (κ2) is 3.45. The first-order valence-corrected chi connectivity index (χ1v) is 7.85. The molecule has 0 aromatic heterocycles. The van der Waals surface area contributed by atoms with Gasteiger partial charge in [0.15, 0.2) is 9.84 Å². The minimum atomic E-state index is -3.04. The number of hydrogen-bond acceptors (Lipinski definition) is 4. The molecule has 0 amide bonds. The predicted octanol–water partition coefficient (Wildman–Crippen LogP) is 0.443. The topological polar surface area (TPSA) is 80.7 Å². The monoisotopic (exact) mass is 260 g/mol. The maximum absolute atomic E-state index is 11.6. The Bertz CT molecular complexity index is 456. The summed E-state index contributed by atoms with van der Waals surface area (Å²) in [5, 5.41) is 9.54. The van der Waals surface area contributed by atoms with Gasteiger partial charge in [0.1, 0.15) is 5.41 Å². The molecule has 4 atom stereocenters. The lowest BCUT2D eigenvalue weighted by atomic mass is 9.65. The van der Waals surface area contributed by atoms with E-state index in [1.54, 1.807) is 0 Å². The van der Waals surface area contributed by atoms with Gasteiger partial charge in [-0.1, -0.05) is 0 Å². The fourth-order valence-electron chi connectivity index (χ4n) is 3.77. The predicted molar refractivity (Wildman–Crippen MR) is 59.3 cm³/mol. The fraction of sp³-hybridized carbons (Fsp3) is 0.909. The van der Waals surface area contributed by atoms with Crippen LogP contribution in [0.2, 0.25) is 0 Å². The van der Waals surface area contributed by atoms with Crippen LogP contribution in [-0.2, 0) is 19.4 Å². The first-order chi connectivity index (χ1) is 7.94. The lowest BCUT2D eigenvalue weighted by Gasteiger charge is -2.35. The van der Waals surface area contributed by atoms with Gasteiger partial charge in [-0.3, -0.25) is 4.79 Å². The van der Waals surface area contributed by atoms with Crippen LogP contribution in [0.15, 0.2) is 0 Å². The molecule has 3 saturated heterocycles. The summed E-state index contributed by atoms with van der Waals surface area (Å²) in [7, 11) is -3.04. The molecule has 4 unspecified atom stereocenters. The molecule has 3 heterocycles. The summed E-state index contributed by atoms with van der Waals surface area (Å²) in [5.74, 6) is -0.984. The van der Waals surface area contributed by atoms with Crippen molar-refractivity contribution >= 4 is 15.8 Å². The van der Waals surface area contributed by atoms with E-state index in [0.717, 1.165) is 12.8 Å². The van der Waals surface area contributed by atoms with Crippen LogP contribution in [0.1, 0.15) is 25.7 Å². The summed E-state index contributed by atoms with van der Waals surface area (Å²) in [6.45, 7) is 0. The van der Waals surface area contributed by atoms with E-state index in [1.165, 1.54) is 0 Å². The molecular weight excluding hydrogens is 244 g/mol. The molecule has 0 radical (unpaired) electrons. The summed E-state index contributed by atoms with van der Waals surface area (Å²) < 4.78 is 28.7. The summed E-state index contributed by atoms with van der Waals surface area (Å²) in [5.41, 5.74) is -0.938. The van der Waals surface area contributed by atoms with Crippen molar-refractivity contribution in [2.75, 3.05) is 11.5 Å². The first-order valence-electron chi connectivity index (χ1n) is 6.03. The van der Waals surface area contributed by atoms with Crippen LogP contribution < -0.4 is 0 Å². The highest BCUT2D eigenvalue weighted by atomic mass is 32.2. The molecule has 0 aromatic carbocycles.